The van der Waals surface area contributed by atoms with Crippen molar-refractivity contribution in [1.29, 1.82) is 0 Å². The molecule has 0 bridgehead atoms. The molecular formula is C10H12F2N2O. The second kappa shape index (κ2) is 3.84. The SMILES string of the molecule is NN1CC(c2ccccc2)OC(F)(F)C1. The molecule has 0 saturated carbocycles. The van der Waals surface area contributed by atoms with Gasteiger partial charge in [-0.3, -0.25) is 5.84 Å². The lowest BCUT2D eigenvalue weighted by Gasteiger charge is -2.35. The second-order valence-corrected chi connectivity index (χ2v) is 3.58. The van der Waals surface area contributed by atoms with Crippen LogP contribution in [0.5, 0.6) is 0 Å². The lowest BCUT2D eigenvalue weighted by molar-refractivity contribution is -0.299. The van der Waals surface area contributed by atoms with Crippen molar-refractivity contribution in [2.24, 2.45) is 5.84 Å². The summed E-state index contributed by atoms with van der Waals surface area (Å²) in [5.41, 5.74) is 0.715. The first-order valence-electron chi connectivity index (χ1n) is 4.67. The average molecular weight is 214 g/mol. The molecule has 82 valence electrons. The van der Waals surface area contributed by atoms with E-state index >= 15 is 0 Å². The molecule has 0 amide bonds. The van der Waals surface area contributed by atoms with E-state index in [1.807, 2.05) is 6.07 Å². The molecule has 1 aliphatic heterocycles. The maximum absolute atomic E-state index is 13.0. The van der Waals surface area contributed by atoms with E-state index in [2.05, 4.69) is 4.74 Å². The average Bonchev–Trinajstić information content (AvgIpc) is 2.16. The van der Waals surface area contributed by atoms with Gasteiger partial charge in [0.15, 0.2) is 0 Å². The van der Waals surface area contributed by atoms with Gasteiger partial charge in [0.2, 0.25) is 0 Å². The van der Waals surface area contributed by atoms with Gasteiger partial charge in [-0.2, -0.15) is 8.78 Å². The molecule has 0 aromatic heterocycles. The molecule has 1 aromatic carbocycles. The summed E-state index contributed by atoms with van der Waals surface area (Å²) >= 11 is 0. The van der Waals surface area contributed by atoms with Gasteiger partial charge in [-0.05, 0) is 5.56 Å². The fourth-order valence-electron chi connectivity index (χ4n) is 1.64. The molecule has 3 nitrogen and oxygen atoms in total. The van der Waals surface area contributed by atoms with E-state index in [-0.39, 0.29) is 6.54 Å². The van der Waals surface area contributed by atoms with E-state index in [4.69, 9.17) is 5.84 Å². The van der Waals surface area contributed by atoms with Crippen LogP contribution < -0.4 is 5.84 Å². The Morgan fingerprint density at radius 3 is 2.60 bits per heavy atom. The highest BCUT2D eigenvalue weighted by Gasteiger charge is 2.41. The largest absolute Gasteiger partial charge is 0.370 e. The summed E-state index contributed by atoms with van der Waals surface area (Å²) in [6.07, 6.45) is -3.84. The summed E-state index contributed by atoms with van der Waals surface area (Å²) in [5, 5.41) is 1.08. The minimum Gasteiger partial charge on any atom is -0.310 e. The van der Waals surface area contributed by atoms with Crippen molar-refractivity contribution in [2.45, 2.75) is 12.2 Å². The molecule has 15 heavy (non-hydrogen) atoms. The first-order valence-corrected chi connectivity index (χ1v) is 4.67. The molecule has 0 aliphatic carbocycles. The zero-order chi connectivity index (χ0) is 10.9. The third-order valence-corrected chi connectivity index (χ3v) is 2.27. The molecule has 1 fully saturated rings. The van der Waals surface area contributed by atoms with Crippen LogP contribution in [-0.2, 0) is 4.74 Å². The Hall–Kier alpha value is -1.04. The summed E-state index contributed by atoms with van der Waals surface area (Å²) in [5.74, 6) is 5.41. The highest BCUT2D eigenvalue weighted by atomic mass is 19.3. The summed E-state index contributed by atoms with van der Waals surface area (Å²) < 4.78 is 30.8. The van der Waals surface area contributed by atoms with Crippen LogP contribution in [0.2, 0.25) is 0 Å². The van der Waals surface area contributed by atoms with Crippen molar-refractivity contribution < 1.29 is 13.5 Å². The van der Waals surface area contributed by atoms with Gasteiger partial charge in [0.05, 0.1) is 0 Å². The van der Waals surface area contributed by atoms with Crippen LogP contribution in [0, 0.1) is 0 Å². The number of hydrazine groups is 1. The fraction of sp³-hybridized carbons (Fsp3) is 0.400. The number of halogens is 2. The highest BCUT2D eigenvalue weighted by Crippen LogP contribution is 2.31. The highest BCUT2D eigenvalue weighted by molar-refractivity contribution is 5.18. The molecule has 5 heteroatoms. The quantitative estimate of drug-likeness (QED) is 0.720. The van der Waals surface area contributed by atoms with Gasteiger partial charge in [0, 0.05) is 6.54 Å². The standard InChI is InChI=1S/C10H12F2N2O/c11-10(12)7-14(13)6-9(15-10)8-4-2-1-3-5-8/h1-5,9H,6-7,13H2. The number of morpholine rings is 1. The minimum atomic E-state index is -3.17. The lowest BCUT2D eigenvalue weighted by atomic mass is 10.1. The molecular weight excluding hydrogens is 202 g/mol. The molecule has 1 saturated heterocycles. The Balaban J connectivity index is 2.17. The Morgan fingerprint density at radius 2 is 2.00 bits per heavy atom. The Bertz CT molecular complexity index is 331. The second-order valence-electron chi connectivity index (χ2n) is 3.58. The van der Waals surface area contributed by atoms with Crippen LogP contribution in [0.15, 0.2) is 30.3 Å². The van der Waals surface area contributed by atoms with Crippen LogP contribution in [0.25, 0.3) is 0 Å². The van der Waals surface area contributed by atoms with Crippen LogP contribution in [0.4, 0.5) is 8.78 Å². The lowest BCUT2D eigenvalue weighted by Crippen LogP contribution is -2.51. The Kier molecular flexibility index (Phi) is 2.68. The van der Waals surface area contributed by atoms with E-state index in [0.717, 1.165) is 5.01 Å². The maximum atomic E-state index is 13.0. The number of nitrogens with zero attached hydrogens (tertiary/aromatic N) is 1. The molecule has 2 N–H and O–H groups in total. The number of nitrogens with two attached hydrogens (primary N) is 1. The summed E-state index contributed by atoms with van der Waals surface area (Å²) in [7, 11) is 0. The van der Waals surface area contributed by atoms with E-state index in [9.17, 15) is 8.78 Å². The van der Waals surface area contributed by atoms with Gasteiger partial charge in [-0.1, -0.05) is 30.3 Å². The maximum Gasteiger partial charge on any atom is 0.370 e. The van der Waals surface area contributed by atoms with E-state index in [1.54, 1.807) is 24.3 Å². The summed E-state index contributed by atoms with van der Waals surface area (Å²) in [6, 6.07) is 8.89. The van der Waals surface area contributed by atoms with Gasteiger partial charge in [-0.25, -0.2) is 5.01 Å². The zero-order valence-electron chi connectivity index (χ0n) is 8.07. The van der Waals surface area contributed by atoms with E-state index < -0.39 is 18.8 Å². The predicted molar refractivity (Wildman–Crippen MR) is 51.0 cm³/mol. The van der Waals surface area contributed by atoms with E-state index in [0.29, 0.717) is 5.56 Å². The number of ether oxygens (including phenoxy) is 1. The molecule has 2 rings (SSSR count). The molecule has 1 aromatic rings. The Labute approximate surface area is 86.4 Å². The van der Waals surface area contributed by atoms with Crippen molar-refractivity contribution in [2.75, 3.05) is 13.1 Å². The van der Waals surface area contributed by atoms with Gasteiger partial charge < -0.3 is 4.74 Å². The molecule has 0 radical (unpaired) electrons. The van der Waals surface area contributed by atoms with Crippen molar-refractivity contribution >= 4 is 0 Å². The van der Waals surface area contributed by atoms with Crippen LogP contribution >= 0.6 is 0 Å². The number of rotatable bonds is 1. The van der Waals surface area contributed by atoms with Crippen molar-refractivity contribution in [3.05, 3.63) is 35.9 Å². The normalized spacial score (nSPS) is 26.5. The van der Waals surface area contributed by atoms with Crippen LogP contribution in [-0.4, -0.2) is 24.2 Å². The topological polar surface area (TPSA) is 38.5 Å². The van der Waals surface area contributed by atoms with Crippen molar-refractivity contribution in [3.63, 3.8) is 0 Å². The first-order chi connectivity index (χ1) is 7.07. The summed E-state index contributed by atoms with van der Waals surface area (Å²) in [4.78, 5) is 0. The van der Waals surface area contributed by atoms with Crippen LogP contribution in [0.1, 0.15) is 11.7 Å². The number of benzene rings is 1. The van der Waals surface area contributed by atoms with Crippen LogP contribution in [0.3, 0.4) is 0 Å². The number of alkyl halides is 2. The third kappa shape index (κ3) is 2.50. The molecule has 0 spiro atoms. The molecule has 1 atom stereocenters. The molecule has 1 unspecified atom stereocenters. The third-order valence-electron chi connectivity index (χ3n) is 2.27. The molecule has 1 heterocycles. The van der Waals surface area contributed by atoms with Gasteiger partial charge in [0.25, 0.3) is 0 Å². The van der Waals surface area contributed by atoms with Gasteiger partial charge >= 0.3 is 6.11 Å². The van der Waals surface area contributed by atoms with Gasteiger partial charge in [-0.15, -0.1) is 0 Å². The summed E-state index contributed by atoms with van der Waals surface area (Å²) in [6.45, 7) is -0.282. The van der Waals surface area contributed by atoms with Gasteiger partial charge in [0.1, 0.15) is 12.6 Å². The zero-order valence-corrected chi connectivity index (χ0v) is 8.07. The van der Waals surface area contributed by atoms with Crippen molar-refractivity contribution in [1.82, 2.24) is 5.01 Å². The van der Waals surface area contributed by atoms with Crippen molar-refractivity contribution in [3.8, 4) is 0 Å². The smallest absolute Gasteiger partial charge is 0.310 e. The first kappa shape index (κ1) is 10.5. The monoisotopic (exact) mass is 214 g/mol. The van der Waals surface area contributed by atoms with E-state index in [1.165, 1.54) is 0 Å². The molecule has 1 aliphatic rings. The number of hydrogen-bond donors (Lipinski definition) is 1. The predicted octanol–water partition coefficient (Wildman–Crippen LogP) is 1.53. The number of hydrogen-bond acceptors (Lipinski definition) is 3. The Morgan fingerprint density at radius 1 is 1.33 bits per heavy atom. The fourth-order valence-corrected chi connectivity index (χ4v) is 1.64. The minimum absolute atomic E-state index is 0.277.